The molecule has 9 nitrogen and oxygen atoms in total. The molecule has 0 radical (unpaired) electrons. The van der Waals surface area contributed by atoms with Crippen LogP contribution in [0.3, 0.4) is 0 Å². The van der Waals surface area contributed by atoms with Gasteiger partial charge in [-0.05, 0) is 30.9 Å². The van der Waals surface area contributed by atoms with E-state index in [9.17, 15) is 24.6 Å². The maximum atomic E-state index is 14.1. The predicted octanol–water partition coefficient (Wildman–Crippen LogP) is 4.48. The fraction of sp³-hybridized carbons (Fsp3) is 0.414. The molecule has 3 N–H and O–H groups in total. The summed E-state index contributed by atoms with van der Waals surface area (Å²) < 4.78 is 17.0. The van der Waals surface area contributed by atoms with Crippen molar-refractivity contribution in [2.24, 2.45) is 5.92 Å². The zero-order chi connectivity index (χ0) is 29.4. The third-order valence-corrected chi connectivity index (χ3v) is 8.46. The fourth-order valence-corrected chi connectivity index (χ4v) is 5.95. The number of aliphatic hydroxyl groups excluding tert-OH is 2. The van der Waals surface area contributed by atoms with E-state index in [0.717, 1.165) is 4.90 Å². The highest BCUT2D eigenvalue weighted by Gasteiger charge is 2.61. The number of thioether (sulfide) groups is 1. The molecule has 4 rings (SSSR count). The van der Waals surface area contributed by atoms with E-state index in [1.165, 1.54) is 39.0 Å². The highest BCUT2D eigenvalue weighted by atomic mass is 35.5. The molecule has 1 aliphatic carbocycles. The van der Waals surface area contributed by atoms with Crippen molar-refractivity contribution in [3.63, 3.8) is 0 Å². The monoisotopic (exact) mass is 589 g/mol. The lowest BCUT2D eigenvalue weighted by Crippen LogP contribution is -2.53. The highest BCUT2D eigenvalue weighted by Crippen LogP contribution is 2.55. The number of nitrogens with one attached hydrogen (secondary N) is 1. The number of halogens is 1. The maximum Gasteiger partial charge on any atom is 0.231 e. The van der Waals surface area contributed by atoms with E-state index in [4.69, 9.17) is 25.8 Å². The van der Waals surface area contributed by atoms with Crippen molar-refractivity contribution < 1.29 is 38.8 Å². The third kappa shape index (κ3) is 5.04. The minimum atomic E-state index is -1.96. The Morgan fingerprint density at radius 3 is 2.45 bits per heavy atom. The standard InChI is InChI=1S/C29H32ClNO8S/c1-14-10-19(33)23(18(11-22(34)31-13-15(2)32)16-6-8-17(40-5)9-7-16)27(35)29(14)28(36)24-20(37-3)12-21(38-4)25(30)26(24)39-29/h6-9,12,14-15,18,32,35H,10-11,13H2,1-5H3,(H,31,34)/t14-,15?,18?,29+/m1/s1. The SMILES string of the molecule is COc1cc(OC)c2c(c1Cl)O[C@]1(C2=O)C(O)=C(C(CC(=O)NCC(C)O)c2ccc(SC)cc2)C(=O)C[C@H]1C. The Labute approximate surface area is 241 Å². The van der Waals surface area contributed by atoms with Crippen LogP contribution >= 0.6 is 23.4 Å². The molecule has 0 saturated heterocycles. The number of allylic oxidation sites excluding steroid dienone is 1. The van der Waals surface area contributed by atoms with E-state index in [-0.39, 0.29) is 52.8 Å². The summed E-state index contributed by atoms with van der Waals surface area (Å²) in [5.74, 6) is -3.30. The largest absolute Gasteiger partial charge is 0.507 e. The molecule has 2 aliphatic rings. The molecule has 0 saturated carbocycles. The molecule has 1 heterocycles. The number of methoxy groups -OCH3 is 2. The van der Waals surface area contributed by atoms with Gasteiger partial charge in [-0.3, -0.25) is 14.4 Å². The molecule has 1 amide bonds. The number of aliphatic hydroxyl groups is 2. The summed E-state index contributed by atoms with van der Waals surface area (Å²) in [7, 11) is 2.79. The Morgan fingerprint density at radius 2 is 1.88 bits per heavy atom. The topological polar surface area (TPSA) is 131 Å². The van der Waals surface area contributed by atoms with E-state index in [1.807, 2.05) is 18.4 Å². The molecule has 2 unspecified atom stereocenters. The second-order valence-electron chi connectivity index (χ2n) is 9.94. The summed E-state index contributed by atoms with van der Waals surface area (Å²) in [6, 6.07) is 8.74. The number of benzene rings is 2. The van der Waals surface area contributed by atoms with Crippen LogP contribution in [0.4, 0.5) is 0 Å². The molecule has 0 aromatic heterocycles. The van der Waals surface area contributed by atoms with Gasteiger partial charge in [0.25, 0.3) is 0 Å². The van der Waals surface area contributed by atoms with E-state index in [0.29, 0.717) is 5.56 Å². The molecular formula is C29H32ClNO8S. The van der Waals surface area contributed by atoms with Gasteiger partial charge < -0.3 is 29.7 Å². The van der Waals surface area contributed by atoms with Crippen LogP contribution in [0.15, 0.2) is 46.6 Å². The highest BCUT2D eigenvalue weighted by molar-refractivity contribution is 7.98. The van der Waals surface area contributed by atoms with E-state index in [2.05, 4.69) is 5.32 Å². The van der Waals surface area contributed by atoms with Gasteiger partial charge in [0.2, 0.25) is 17.3 Å². The molecule has 2 aromatic carbocycles. The van der Waals surface area contributed by atoms with Gasteiger partial charge in [-0.25, -0.2) is 0 Å². The lowest BCUT2D eigenvalue weighted by Gasteiger charge is -2.38. The Hall–Kier alpha value is -3.21. The Kier molecular flexibility index (Phi) is 8.72. The van der Waals surface area contributed by atoms with Crippen LogP contribution in [-0.4, -0.2) is 66.4 Å². The number of hydrogen-bond acceptors (Lipinski definition) is 9. The molecule has 2 aromatic rings. The molecule has 214 valence electrons. The van der Waals surface area contributed by atoms with Crippen molar-refractivity contribution in [3.8, 4) is 17.2 Å². The first kappa shape index (κ1) is 29.8. The first-order chi connectivity index (χ1) is 19.0. The smallest absolute Gasteiger partial charge is 0.231 e. The Balaban J connectivity index is 1.89. The van der Waals surface area contributed by atoms with Gasteiger partial charge >= 0.3 is 0 Å². The molecule has 0 bridgehead atoms. The second-order valence-corrected chi connectivity index (χ2v) is 11.2. The zero-order valence-electron chi connectivity index (χ0n) is 22.9. The summed E-state index contributed by atoms with van der Waals surface area (Å²) in [5.41, 5.74) is -1.39. The summed E-state index contributed by atoms with van der Waals surface area (Å²) >= 11 is 8.06. The maximum absolute atomic E-state index is 14.1. The van der Waals surface area contributed by atoms with Crippen molar-refractivity contribution in [2.75, 3.05) is 27.0 Å². The Bertz CT molecular complexity index is 1370. The molecule has 11 heteroatoms. The van der Waals surface area contributed by atoms with Gasteiger partial charge in [0, 0.05) is 47.8 Å². The number of ketones is 2. The number of carbonyl (C=O) groups is 3. The average Bonchev–Trinajstić information content (AvgIpc) is 3.25. The first-order valence-electron chi connectivity index (χ1n) is 12.7. The summed E-state index contributed by atoms with van der Waals surface area (Å²) in [6.07, 6.45) is 0.830. The van der Waals surface area contributed by atoms with Crippen molar-refractivity contribution in [3.05, 3.63) is 57.8 Å². The van der Waals surface area contributed by atoms with Crippen LogP contribution in [-0.2, 0) is 9.59 Å². The number of amides is 1. The van der Waals surface area contributed by atoms with Crippen molar-refractivity contribution in [1.82, 2.24) is 5.32 Å². The second kappa shape index (κ2) is 11.7. The summed E-state index contributed by atoms with van der Waals surface area (Å²) in [5, 5.41) is 24.2. The van der Waals surface area contributed by atoms with Crippen LogP contribution in [0, 0.1) is 5.92 Å². The van der Waals surface area contributed by atoms with Crippen molar-refractivity contribution in [1.29, 1.82) is 0 Å². The van der Waals surface area contributed by atoms with Crippen LogP contribution in [0.2, 0.25) is 5.02 Å². The zero-order valence-corrected chi connectivity index (χ0v) is 24.4. The number of Topliss-reactive ketones (excluding diaryl/α,β-unsaturated/α-hetero) is 2. The van der Waals surface area contributed by atoms with Gasteiger partial charge in [0.15, 0.2) is 17.3 Å². The number of ether oxygens (including phenoxy) is 3. The van der Waals surface area contributed by atoms with Crippen LogP contribution in [0.25, 0.3) is 0 Å². The number of carbonyl (C=O) groups excluding carboxylic acids is 3. The normalized spacial score (nSPS) is 21.6. The molecule has 1 aliphatic heterocycles. The third-order valence-electron chi connectivity index (χ3n) is 7.36. The van der Waals surface area contributed by atoms with E-state index < -0.39 is 46.8 Å². The average molecular weight is 590 g/mol. The van der Waals surface area contributed by atoms with Gasteiger partial charge in [0.1, 0.15) is 22.1 Å². The van der Waals surface area contributed by atoms with Crippen LogP contribution in [0.5, 0.6) is 17.2 Å². The van der Waals surface area contributed by atoms with Crippen LogP contribution < -0.4 is 19.5 Å². The van der Waals surface area contributed by atoms with Crippen molar-refractivity contribution in [2.45, 2.75) is 49.2 Å². The summed E-state index contributed by atoms with van der Waals surface area (Å²) in [4.78, 5) is 41.6. The molecular weight excluding hydrogens is 558 g/mol. The van der Waals surface area contributed by atoms with E-state index in [1.54, 1.807) is 19.1 Å². The predicted molar refractivity (Wildman–Crippen MR) is 151 cm³/mol. The van der Waals surface area contributed by atoms with Gasteiger partial charge in [-0.15, -0.1) is 11.8 Å². The fourth-order valence-electron chi connectivity index (χ4n) is 5.28. The summed E-state index contributed by atoms with van der Waals surface area (Å²) in [6.45, 7) is 3.20. The van der Waals surface area contributed by atoms with Crippen LogP contribution in [0.1, 0.15) is 48.5 Å². The number of fused-ring (bicyclic) bond motifs is 1. The molecule has 1 spiro atoms. The lowest BCUT2D eigenvalue weighted by molar-refractivity contribution is -0.122. The minimum Gasteiger partial charge on any atom is -0.507 e. The van der Waals surface area contributed by atoms with Gasteiger partial charge in [-0.2, -0.15) is 0 Å². The molecule has 40 heavy (non-hydrogen) atoms. The quantitative estimate of drug-likeness (QED) is 0.362. The Morgan fingerprint density at radius 1 is 1.23 bits per heavy atom. The first-order valence-corrected chi connectivity index (χ1v) is 14.3. The number of rotatable bonds is 9. The molecule has 0 fully saturated rings. The lowest BCUT2D eigenvalue weighted by atomic mass is 9.69. The van der Waals surface area contributed by atoms with E-state index >= 15 is 0 Å². The van der Waals surface area contributed by atoms with Gasteiger partial charge in [0.05, 0.1) is 20.3 Å². The van der Waals surface area contributed by atoms with Gasteiger partial charge in [-0.1, -0.05) is 30.7 Å². The minimum absolute atomic E-state index is 0.00878. The molecule has 4 atom stereocenters. The van der Waals surface area contributed by atoms with Crippen molar-refractivity contribution >= 4 is 40.8 Å². The number of hydrogen-bond donors (Lipinski definition) is 3.